The molecule has 0 aliphatic rings. The standard InChI is InChI=1S/C19H16N2O3/c22-17-11-10-13-6-4-5-9-15(13)16(17)12-20-21-19(24)18(23)14-7-2-1-3-8-14/h1-12,18,22-23H,(H,21,24)/b20-12+/t18-/m1/s1. The number of aliphatic hydroxyl groups is 1. The molecule has 0 unspecified atom stereocenters. The normalized spacial score (nSPS) is 12.4. The van der Waals surface area contributed by atoms with Crippen molar-refractivity contribution < 1.29 is 15.0 Å². The van der Waals surface area contributed by atoms with Gasteiger partial charge >= 0.3 is 0 Å². The van der Waals surface area contributed by atoms with E-state index in [0.29, 0.717) is 11.1 Å². The minimum atomic E-state index is -1.30. The number of amides is 1. The Hall–Kier alpha value is -3.18. The number of phenolic OH excluding ortho intramolecular Hbond substituents is 1. The van der Waals surface area contributed by atoms with Crippen molar-refractivity contribution in [1.29, 1.82) is 0 Å². The van der Waals surface area contributed by atoms with Crippen LogP contribution in [0.2, 0.25) is 0 Å². The summed E-state index contributed by atoms with van der Waals surface area (Å²) in [5, 5.41) is 25.6. The van der Waals surface area contributed by atoms with Crippen LogP contribution in [-0.4, -0.2) is 22.3 Å². The molecule has 3 N–H and O–H groups in total. The molecule has 0 fully saturated rings. The number of carbonyl (C=O) groups excluding carboxylic acids is 1. The van der Waals surface area contributed by atoms with E-state index in [4.69, 9.17) is 0 Å². The summed E-state index contributed by atoms with van der Waals surface area (Å²) in [5.74, 6) is -0.576. The van der Waals surface area contributed by atoms with E-state index >= 15 is 0 Å². The van der Waals surface area contributed by atoms with Crippen molar-refractivity contribution in [2.24, 2.45) is 5.10 Å². The zero-order valence-corrected chi connectivity index (χ0v) is 12.8. The van der Waals surface area contributed by atoms with Crippen LogP contribution in [0.4, 0.5) is 0 Å². The van der Waals surface area contributed by atoms with Crippen molar-refractivity contribution in [3.8, 4) is 5.75 Å². The van der Waals surface area contributed by atoms with Crippen LogP contribution in [0.25, 0.3) is 10.8 Å². The second kappa shape index (κ2) is 6.93. The van der Waals surface area contributed by atoms with E-state index in [2.05, 4.69) is 10.5 Å². The highest BCUT2D eigenvalue weighted by molar-refractivity contribution is 6.02. The summed E-state index contributed by atoms with van der Waals surface area (Å²) in [5.41, 5.74) is 3.28. The molecular weight excluding hydrogens is 304 g/mol. The lowest BCUT2D eigenvalue weighted by atomic mass is 10.0. The van der Waals surface area contributed by atoms with E-state index in [1.807, 2.05) is 24.3 Å². The Labute approximate surface area is 138 Å². The number of hydrogen-bond acceptors (Lipinski definition) is 4. The molecule has 0 aliphatic carbocycles. The molecule has 0 saturated heterocycles. The van der Waals surface area contributed by atoms with Gasteiger partial charge in [0.25, 0.3) is 5.91 Å². The van der Waals surface area contributed by atoms with Gasteiger partial charge in [0.1, 0.15) is 5.75 Å². The number of aromatic hydroxyl groups is 1. The number of aliphatic hydroxyl groups excluding tert-OH is 1. The first-order valence-corrected chi connectivity index (χ1v) is 7.43. The maximum Gasteiger partial charge on any atom is 0.273 e. The number of carbonyl (C=O) groups is 1. The highest BCUT2D eigenvalue weighted by Crippen LogP contribution is 2.25. The van der Waals surface area contributed by atoms with E-state index < -0.39 is 12.0 Å². The fourth-order valence-corrected chi connectivity index (χ4v) is 2.43. The summed E-state index contributed by atoms with van der Waals surface area (Å²) < 4.78 is 0. The Morgan fingerprint density at radius 1 is 1.00 bits per heavy atom. The van der Waals surface area contributed by atoms with Gasteiger partial charge in [0.15, 0.2) is 6.10 Å². The van der Waals surface area contributed by atoms with Crippen LogP contribution < -0.4 is 5.43 Å². The Morgan fingerprint density at radius 2 is 1.71 bits per heavy atom. The Morgan fingerprint density at radius 3 is 2.50 bits per heavy atom. The molecule has 0 aliphatic heterocycles. The second-order valence-electron chi connectivity index (χ2n) is 5.27. The number of hydrogen-bond donors (Lipinski definition) is 3. The molecule has 3 aromatic carbocycles. The van der Waals surface area contributed by atoms with Gasteiger partial charge in [0, 0.05) is 5.56 Å². The van der Waals surface area contributed by atoms with E-state index in [1.165, 1.54) is 6.21 Å². The van der Waals surface area contributed by atoms with Crippen molar-refractivity contribution in [2.75, 3.05) is 0 Å². The summed E-state index contributed by atoms with van der Waals surface area (Å²) >= 11 is 0. The molecule has 120 valence electrons. The number of nitrogens with zero attached hydrogens (tertiary/aromatic N) is 1. The van der Waals surface area contributed by atoms with Crippen molar-refractivity contribution in [3.05, 3.63) is 77.9 Å². The quantitative estimate of drug-likeness (QED) is 0.510. The smallest absolute Gasteiger partial charge is 0.273 e. The van der Waals surface area contributed by atoms with Crippen molar-refractivity contribution in [3.63, 3.8) is 0 Å². The lowest BCUT2D eigenvalue weighted by molar-refractivity contribution is -0.129. The van der Waals surface area contributed by atoms with E-state index in [0.717, 1.165) is 10.8 Å². The van der Waals surface area contributed by atoms with Crippen LogP contribution in [0.1, 0.15) is 17.2 Å². The molecule has 0 aromatic heterocycles. The predicted molar refractivity (Wildman–Crippen MR) is 92.8 cm³/mol. The maximum absolute atomic E-state index is 11.9. The van der Waals surface area contributed by atoms with Gasteiger partial charge in [-0.25, -0.2) is 5.43 Å². The topological polar surface area (TPSA) is 81.9 Å². The summed E-state index contributed by atoms with van der Waals surface area (Å²) in [6.07, 6.45) is 0.0669. The zero-order chi connectivity index (χ0) is 16.9. The second-order valence-corrected chi connectivity index (χ2v) is 5.27. The molecule has 0 saturated carbocycles. The average Bonchev–Trinajstić information content (AvgIpc) is 2.63. The fraction of sp³-hybridized carbons (Fsp3) is 0.0526. The molecule has 5 nitrogen and oxygen atoms in total. The Balaban J connectivity index is 1.77. The minimum Gasteiger partial charge on any atom is -0.507 e. The van der Waals surface area contributed by atoms with Crippen molar-refractivity contribution in [1.82, 2.24) is 5.43 Å². The highest BCUT2D eigenvalue weighted by Gasteiger charge is 2.16. The maximum atomic E-state index is 11.9. The average molecular weight is 320 g/mol. The lowest BCUT2D eigenvalue weighted by Crippen LogP contribution is -2.25. The van der Waals surface area contributed by atoms with Crippen LogP contribution in [0.15, 0.2) is 71.8 Å². The van der Waals surface area contributed by atoms with Crippen molar-refractivity contribution in [2.45, 2.75) is 6.10 Å². The Bertz CT molecular complexity index is 892. The lowest BCUT2D eigenvalue weighted by Gasteiger charge is -2.09. The van der Waals surface area contributed by atoms with Gasteiger partial charge in [-0.2, -0.15) is 5.10 Å². The first-order valence-electron chi connectivity index (χ1n) is 7.43. The number of nitrogens with one attached hydrogen (secondary N) is 1. The first kappa shape index (κ1) is 15.7. The molecule has 5 heteroatoms. The summed E-state index contributed by atoms with van der Waals surface area (Å²) in [6.45, 7) is 0. The van der Waals surface area contributed by atoms with Crippen molar-refractivity contribution >= 4 is 22.9 Å². The molecular formula is C19H16N2O3. The summed E-state index contributed by atoms with van der Waals surface area (Å²) in [4.78, 5) is 11.9. The third kappa shape index (κ3) is 3.26. The monoisotopic (exact) mass is 320 g/mol. The van der Waals surface area contributed by atoms with Gasteiger partial charge in [-0.1, -0.05) is 60.7 Å². The van der Waals surface area contributed by atoms with Crippen LogP contribution in [0.5, 0.6) is 5.75 Å². The molecule has 0 spiro atoms. The number of benzene rings is 3. The van der Waals surface area contributed by atoms with Crippen LogP contribution in [0.3, 0.4) is 0 Å². The summed E-state index contributed by atoms with van der Waals surface area (Å²) in [7, 11) is 0. The number of phenols is 1. The molecule has 0 radical (unpaired) electrons. The fourth-order valence-electron chi connectivity index (χ4n) is 2.43. The van der Waals surface area contributed by atoms with Crippen LogP contribution in [-0.2, 0) is 4.79 Å². The van der Waals surface area contributed by atoms with Crippen LogP contribution in [0, 0.1) is 0 Å². The highest BCUT2D eigenvalue weighted by atomic mass is 16.3. The molecule has 3 aromatic rings. The van der Waals surface area contributed by atoms with Gasteiger partial charge in [0.2, 0.25) is 0 Å². The molecule has 1 amide bonds. The largest absolute Gasteiger partial charge is 0.507 e. The predicted octanol–water partition coefficient (Wildman–Crippen LogP) is 2.73. The molecule has 0 heterocycles. The first-order chi connectivity index (χ1) is 11.7. The zero-order valence-electron chi connectivity index (χ0n) is 12.8. The van der Waals surface area contributed by atoms with E-state index in [1.54, 1.807) is 42.5 Å². The van der Waals surface area contributed by atoms with Gasteiger partial charge in [-0.3, -0.25) is 4.79 Å². The number of hydrazone groups is 1. The SMILES string of the molecule is O=C(N/N=C/c1c(O)ccc2ccccc12)[C@H](O)c1ccccc1. The van der Waals surface area contributed by atoms with Crippen LogP contribution >= 0.6 is 0 Å². The van der Waals surface area contributed by atoms with E-state index in [-0.39, 0.29) is 5.75 Å². The molecule has 24 heavy (non-hydrogen) atoms. The minimum absolute atomic E-state index is 0.0651. The molecule has 0 bridgehead atoms. The third-order valence-corrected chi connectivity index (χ3v) is 3.68. The van der Waals surface area contributed by atoms with E-state index in [9.17, 15) is 15.0 Å². The molecule has 3 rings (SSSR count). The number of rotatable bonds is 4. The van der Waals surface area contributed by atoms with Gasteiger partial charge < -0.3 is 10.2 Å². The number of fused-ring (bicyclic) bond motifs is 1. The third-order valence-electron chi connectivity index (χ3n) is 3.68. The molecule has 1 atom stereocenters. The van der Waals surface area contributed by atoms with Gasteiger partial charge in [-0.05, 0) is 22.4 Å². The Kier molecular flexibility index (Phi) is 4.54. The van der Waals surface area contributed by atoms with Gasteiger partial charge in [0.05, 0.1) is 6.21 Å². The summed E-state index contributed by atoms with van der Waals surface area (Å²) in [6, 6.07) is 19.5. The van der Waals surface area contributed by atoms with Gasteiger partial charge in [-0.15, -0.1) is 0 Å².